The smallest absolute Gasteiger partial charge is 0.321 e. The quantitative estimate of drug-likeness (QED) is 0.868. The average molecular weight is 336 g/mol. The molecule has 1 aromatic heterocycles. The highest BCUT2D eigenvalue weighted by Crippen LogP contribution is 2.33. The lowest BCUT2D eigenvalue weighted by molar-refractivity contribution is 0.220. The minimum absolute atomic E-state index is 0.0532. The largest absolute Gasteiger partial charge is 0.424 e. The van der Waals surface area contributed by atoms with E-state index in [0.29, 0.717) is 23.3 Å². The van der Waals surface area contributed by atoms with E-state index in [9.17, 15) is 4.79 Å². The van der Waals surface area contributed by atoms with E-state index in [4.69, 9.17) is 4.74 Å². The lowest BCUT2D eigenvalue weighted by atomic mass is 9.86. The second-order valence-corrected chi connectivity index (χ2v) is 6.46. The molecule has 6 nitrogen and oxygen atoms in total. The molecule has 0 spiro atoms. The molecule has 128 valence electrons. The number of nitrogens with one attached hydrogen (secondary N) is 1. The van der Waals surface area contributed by atoms with Crippen LogP contribution in [-0.4, -0.2) is 34.0 Å². The molecule has 1 fully saturated rings. The number of anilines is 1. The van der Waals surface area contributed by atoms with E-state index in [1.807, 2.05) is 23.1 Å². The topological polar surface area (TPSA) is 67.3 Å². The van der Waals surface area contributed by atoms with Crippen LogP contribution < -0.4 is 10.1 Å². The van der Waals surface area contributed by atoms with Gasteiger partial charge in [-0.3, -0.25) is 0 Å². The van der Waals surface area contributed by atoms with Gasteiger partial charge < -0.3 is 15.0 Å². The molecule has 1 aliphatic heterocycles. The first-order chi connectivity index (χ1) is 12.3. The summed E-state index contributed by atoms with van der Waals surface area (Å²) in [5.41, 5.74) is 0.700. The van der Waals surface area contributed by atoms with Gasteiger partial charge in [0.1, 0.15) is 5.75 Å². The maximum atomic E-state index is 12.6. The summed E-state index contributed by atoms with van der Waals surface area (Å²) in [6, 6.07) is 9.22. The molecule has 2 heterocycles. The maximum absolute atomic E-state index is 12.6. The van der Waals surface area contributed by atoms with Crippen LogP contribution in [0.4, 0.5) is 10.5 Å². The van der Waals surface area contributed by atoms with Gasteiger partial charge in [-0.15, -0.1) is 0 Å². The first kappa shape index (κ1) is 15.6. The molecule has 0 unspecified atom stereocenters. The summed E-state index contributed by atoms with van der Waals surface area (Å²) in [6.45, 7) is 1.66. The van der Waals surface area contributed by atoms with E-state index in [1.54, 1.807) is 24.5 Å². The number of hydrogen-bond acceptors (Lipinski definition) is 4. The van der Waals surface area contributed by atoms with Crippen molar-refractivity contribution >= 4 is 11.7 Å². The highest BCUT2D eigenvalue weighted by molar-refractivity contribution is 5.89. The van der Waals surface area contributed by atoms with Crippen LogP contribution in [0.15, 0.2) is 54.9 Å². The lowest BCUT2D eigenvalue weighted by Gasteiger charge is -2.17. The number of aromatic nitrogens is 2. The predicted molar refractivity (Wildman–Crippen MR) is 94.5 cm³/mol. The summed E-state index contributed by atoms with van der Waals surface area (Å²) in [6.07, 6.45) is 9.86. The van der Waals surface area contributed by atoms with Crippen LogP contribution in [0, 0.1) is 11.8 Å². The Morgan fingerprint density at radius 2 is 1.80 bits per heavy atom. The van der Waals surface area contributed by atoms with Crippen molar-refractivity contribution in [3.8, 4) is 11.8 Å². The van der Waals surface area contributed by atoms with Crippen LogP contribution in [0.5, 0.6) is 11.8 Å². The summed E-state index contributed by atoms with van der Waals surface area (Å²) < 4.78 is 5.61. The number of likely N-dealkylation sites (tertiary alicyclic amines) is 1. The van der Waals surface area contributed by atoms with Crippen LogP contribution in [0.3, 0.4) is 0 Å². The van der Waals surface area contributed by atoms with E-state index in [0.717, 1.165) is 25.9 Å². The molecule has 0 saturated carbocycles. The third-order valence-corrected chi connectivity index (χ3v) is 4.74. The molecule has 2 aromatic rings. The summed E-state index contributed by atoms with van der Waals surface area (Å²) in [7, 11) is 0. The second-order valence-electron chi connectivity index (χ2n) is 6.46. The van der Waals surface area contributed by atoms with Crippen LogP contribution in [0.25, 0.3) is 0 Å². The first-order valence-corrected chi connectivity index (χ1v) is 8.54. The SMILES string of the molecule is O=C(Nc1cccc(Oc2ncccn2)c1)N1C[C@H]2CC=CC[C@@H]2C1. The van der Waals surface area contributed by atoms with E-state index >= 15 is 0 Å². The fourth-order valence-corrected chi connectivity index (χ4v) is 3.46. The van der Waals surface area contributed by atoms with Crippen LogP contribution in [0.1, 0.15) is 12.8 Å². The van der Waals surface area contributed by atoms with Crippen molar-refractivity contribution in [2.24, 2.45) is 11.8 Å². The van der Waals surface area contributed by atoms with Gasteiger partial charge in [0.05, 0.1) is 0 Å². The summed E-state index contributed by atoms with van der Waals surface area (Å²) >= 11 is 0. The van der Waals surface area contributed by atoms with Crippen molar-refractivity contribution in [1.29, 1.82) is 0 Å². The van der Waals surface area contributed by atoms with Crippen molar-refractivity contribution in [2.45, 2.75) is 12.8 Å². The Balaban J connectivity index is 1.39. The van der Waals surface area contributed by atoms with E-state index in [-0.39, 0.29) is 12.0 Å². The van der Waals surface area contributed by atoms with Gasteiger partial charge in [0.25, 0.3) is 0 Å². The van der Waals surface area contributed by atoms with E-state index < -0.39 is 0 Å². The number of hydrogen-bond donors (Lipinski definition) is 1. The van der Waals surface area contributed by atoms with Gasteiger partial charge >= 0.3 is 12.0 Å². The number of allylic oxidation sites excluding steroid dienone is 2. The molecule has 4 rings (SSSR count). The zero-order valence-electron chi connectivity index (χ0n) is 13.8. The molecule has 25 heavy (non-hydrogen) atoms. The van der Waals surface area contributed by atoms with Crippen molar-refractivity contribution in [2.75, 3.05) is 18.4 Å². The minimum Gasteiger partial charge on any atom is -0.424 e. The number of nitrogens with zero attached hydrogens (tertiary/aromatic N) is 3. The standard InChI is InChI=1S/C19H20N4O2/c24-19(23-12-14-5-1-2-6-15(14)13-23)22-16-7-3-8-17(11-16)25-18-20-9-4-10-21-18/h1-4,7-11,14-15H,5-6,12-13H2,(H,22,24)/t14-,15-/m1/s1. The average Bonchev–Trinajstić information content (AvgIpc) is 3.07. The Hall–Kier alpha value is -2.89. The fourth-order valence-electron chi connectivity index (χ4n) is 3.46. The number of rotatable bonds is 3. The second kappa shape index (κ2) is 6.93. The summed E-state index contributed by atoms with van der Waals surface area (Å²) in [4.78, 5) is 22.5. The molecule has 1 saturated heterocycles. The molecule has 1 aliphatic carbocycles. The molecule has 0 radical (unpaired) electrons. The van der Waals surface area contributed by atoms with Gasteiger partial charge in [-0.05, 0) is 42.9 Å². The van der Waals surface area contributed by atoms with Crippen LogP contribution in [-0.2, 0) is 0 Å². The van der Waals surface area contributed by atoms with Crippen molar-refractivity contribution < 1.29 is 9.53 Å². The van der Waals surface area contributed by atoms with Crippen LogP contribution in [0.2, 0.25) is 0 Å². The molecular weight excluding hydrogens is 316 g/mol. The third kappa shape index (κ3) is 3.63. The molecule has 2 aliphatic rings. The number of carbonyl (C=O) groups is 1. The first-order valence-electron chi connectivity index (χ1n) is 8.54. The number of ether oxygens (including phenoxy) is 1. The highest BCUT2D eigenvalue weighted by Gasteiger charge is 2.35. The molecule has 2 amide bonds. The normalized spacial score (nSPS) is 21.7. The van der Waals surface area contributed by atoms with Gasteiger partial charge in [-0.1, -0.05) is 18.2 Å². The van der Waals surface area contributed by atoms with Crippen molar-refractivity contribution in [3.63, 3.8) is 0 Å². The Morgan fingerprint density at radius 1 is 1.08 bits per heavy atom. The Bertz CT molecular complexity index is 762. The Labute approximate surface area is 146 Å². The number of amides is 2. The predicted octanol–water partition coefficient (Wildman–Crippen LogP) is 3.70. The van der Waals surface area contributed by atoms with Crippen LogP contribution >= 0.6 is 0 Å². The van der Waals surface area contributed by atoms with Gasteiger partial charge in [0, 0.05) is 37.2 Å². The summed E-state index contributed by atoms with van der Waals surface area (Å²) in [5.74, 6) is 1.78. The Kier molecular flexibility index (Phi) is 4.33. The lowest BCUT2D eigenvalue weighted by Crippen LogP contribution is -2.33. The zero-order valence-corrected chi connectivity index (χ0v) is 13.8. The molecule has 2 atom stereocenters. The Morgan fingerprint density at radius 3 is 2.52 bits per heavy atom. The molecule has 1 N–H and O–H groups in total. The van der Waals surface area contributed by atoms with Crippen molar-refractivity contribution in [1.82, 2.24) is 14.9 Å². The molecule has 0 bridgehead atoms. The zero-order chi connectivity index (χ0) is 17.1. The number of urea groups is 1. The van der Waals surface area contributed by atoms with Crippen molar-refractivity contribution in [3.05, 3.63) is 54.9 Å². The van der Waals surface area contributed by atoms with Gasteiger partial charge in [0.15, 0.2) is 0 Å². The fraction of sp³-hybridized carbons (Fsp3) is 0.316. The van der Waals surface area contributed by atoms with E-state index in [1.165, 1.54) is 0 Å². The van der Waals surface area contributed by atoms with E-state index in [2.05, 4.69) is 27.4 Å². The highest BCUT2D eigenvalue weighted by atomic mass is 16.5. The summed E-state index contributed by atoms with van der Waals surface area (Å²) in [5, 5.41) is 2.97. The third-order valence-electron chi connectivity index (χ3n) is 4.74. The number of benzene rings is 1. The monoisotopic (exact) mass is 336 g/mol. The number of carbonyl (C=O) groups excluding carboxylic acids is 1. The molecule has 1 aromatic carbocycles. The molecular formula is C19H20N4O2. The number of fused-ring (bicyclic) bond motifs is 1. The minimum atomic E-state index is -0.0532. The van der Waals surface area contributed by atoms with Gasteiger partial charge in [-0.2, -0.15) is 0 Å². The van der Waals surface area contributed by atoms with Gasteiger partial charge in [-0.25, -0.2) is 14.8 Å². The molecule has 6 heteroatoms. The van der Waals surface area contributed by atoms with Gasteiger partial charge in [0.2, 0.25) is 0 Å². The maximum Gasteiger partial charge on any atom is 0.321 e.